The molecule has 1 amide bonds. The van der Waals surface area contributed by atoms with Crippen LogP contribution in [0.1, 0.15) is 37.1 Å². The first-order chi connectivity index (χ1) is 19.2. The van der Waals surface area contributed by atoms with Gasteiger partial charge in [0, 0.05) is 26.1 Å². The number of ether oxygens (including phenoxy) is 2. The minimum absolute atomic E-state index is 0.101. The summed E-state index contributed by atoms with van der Waals surface area (Å²) in [6.45, 7) is 8.04. The fourth-order valence-corrected chi connectivity index (χ4v) is 6.87. The lowest BCUT2D eigenvalue weighted by atomic mass is 10.0. The molecule has 40 heavy (non-hydrogen) atoms. The van der Waals surface area contributed by atoms with E-state index in [-0.39, 0.29) is 43.5 Å². The van der Waals surface area contributed by atoms with Crippen LogP contribution >= 0.6 is 0 Å². The van der Waals surface area contributed by atoms with Gasteiger partial charge in [-0.25, -0.2) is 8.42 Å². The Morgan fingerprint density at radius 1 is 0.975 bits per heavy atom. The van der Waals surface area contributed by atoms with Gasteiger partial charge in [0.05, 0.1) is 31.7 Å². The van der Waals surface area contributed by atoms with Gasteiger partial charge in [0.15, 0.2) is 6.29 Å². The molecule has 5 rings (SSSR count). The lowest BCUT2D eigenvalue weighted by Crippen LogP contribution is -2.49. The maximum Gasteiger partial charge on any atom is 0.241 e. The van der Waals surface area contributed by atoms with E-state index in [1.54, 1.807) is 15.8 Å². The monoisotopic (exact) mass is 567 g/mol. The van der Waals surface area contributed by atoms with Crippen molar-refractivity contribution >= 4 is 15.9 Å². The zero-order valence-electron chi connectivity index (χ0n) is 23.3. The summed E-state index contributed by atoms with van der Waals surface area (Å²) in [7, 11) is -3.69. The van der Waals surface area contributed by atoms with Crippen molar-refractivity contribution in [2.75, 3.05) is 25.5 Å². The molecule has 0 saturated carbocycles. The molecule has 1 aromatic heterocycles. The van der Waals surface area contributed by atoms with Gasteiger partial charge in [-0.3, -0.25) is 9.48 Å². The second kappa shape index (κ2) is 12.2. The Kier molecular flexibility index (Phi) is 8.65. The predicted molar refractivity (Wildman–Crippen MR) is 150 cm³/mol. The predicted octanol–water partition coefficient (Wildman–Crippen LogP) is 3.22. The Labute approximate surface area is 235 Å². The first-order valence-corrected chi connectivity index (χ1v) is 15.4. The summed E-state index contributed by atoms with van der Waals surface area (Å²) in [5.74, 6) is -0.570. The number of aryl methyl sites for hydroxylation is 2. The van der Waals surface area contributed by atoms with Crippen molar-refractivity contribution < 1.29 is 22.7 Å². The number of sulfonamides is 1. The van der Waals surface area contributed by atoms with E-state index in [1.165, 1.54) is 9.87 Å². The van der Waals surface area contributed by atoms with Crippen LogP contribution in [0.5, 0.6) is 0 Å². The minimum atomic E-state index is -3.69. The van der Waals surface area contributed by atoms with Crippen molar-refractivity contribution in [3.63, 3.8) is 0 Å². The van der Waals surface area contributed by atoms with Crippen LogP contribution in [0.25, 0.3) is 11.1 Å². The van der Waals surface area contributed by atoms with Gasteiger partial charge < -0.3 is 14.4 Å². The highest BCUT2D eigenvalue weighted by molar-refractivity contribution is 7.89. The molecular weight excluding hydrogens is 530 g/mol. The Hall–Kier alpha value is -3.12. The van der Waals surface area contributed by atoms with Crippen molar-refractivity contribution in [3.8, 4) is 11.1 Å². The second-order valence-corrected chi connectivity index (χ2v) is 12.8. The van der Waals surface area contributed by atoms with Gasteiger partial charge in [-0.05, 0) is 29.5 Å². The van der Waals surface area contributed by atoms with Crippen LogP contribution < -0.4 is 0 Å². The maximum atomic E-state index is 13.8. The maximum absolute atomic E-state index is 13.8. The molecule has 3 aromatic rings. The number of hydrogen-bond acceptors (Lipinski definition) is 7. The molecule has 2 aromatic carbocycles. The quantitative estimate of drug-likeness (QED) is 0.391. The molecule has 11 heteroatoms. The third kappa shape index (κ3) is 6.60. The van der Waals surface area contributed by atoms with Crippen LogP contribution in [0.15, 0.2) is 54.7 Å². The van der Waals surface area contributed by atoms with E-state index in [4.69, 9.17) is 9.47 Å². The smallest absolute Gasteiger partial charge is 0.241 e. The van der Waals surface area contributed by atoms with E-state index in [2.05, 4.69) is 41.5 Å². The molecule has 3 heterocycles. The van der Waals surface area contributed by atoms with Crippen LogP contribution in [0.4, 0.5) is 0 Å². The van der Waals surface area contributed by atoms with Gasteiger partial charge in [0.25, 0.3) is 0 Å². The second-order valence-electron chi connectivity index (χ2n) is 10.8. The topological polar surface area (TPSA) is 107 Å². The van der Waals surface area contributed by atoms with Crippen LogP contribution in [-0.2, 0) is 43.9 Å². The van der Waals surface area contributed by atoms with Gasteiger partial charge in [-0.2, -0.15) is 4.31 Å². The highest BCUT2D eigenvalue weighted by Crippen LogP contribution is 2.27. The number of benzene rings is 2. The standard InChI is InChI=1S/C29H37N5O5S/c1-21(2)28-29(35)32(19-26-20-33(31-30-26)13-12-27-38-15-16-39-27)14-17-40(36,37)34(28)18-23-6-10-25(11-7-23)24-8-4-22(3)5-9-24/h4-11,20-21,27-28H,12-19H2,1-3H3. The highest BCUT2D eigenvalue weighted by atomic mass is 32.2. The number of nitrogens with zero attached hydrogens (tertiary/aromatic N) is 5. The zero-order valence-corrected chi connectivity index (χ0v) is 24.1. The number of aromatic nitrogens is 3. The third-order valence-corrected chi connectivity index (χ3v) is 9.15. The number of amides is 1. The van der Waals surface area contributed by atoms with Crippen molar-refractivity contribution in [2.45, 2.75) is 59.2 Å². The Morgan fingerprint density at radius 2 is 1.62 bits per heavy atom. The van der Waals surface area contributed by atoms with Crippen molar-refractivity contribution in [3.05, 3.63) is 71.5 Å². The van der Waals surface area contributed by atoms with E-state index < -0.39 is 16.1 Å². The summed E-state index contributed by atoms with van der Waals surface area (Å²) >= 11 is 0. The van der Waals surface area contributed by atoms with Crippen molar-refractivity contribution in [1.82, 2.24) is 24.2 Å². The Balaban J connectivity index is 1.29. The molecule has 214 valence electrons. The van der Waals surface area contributed by atoms with E-state index >= 15 is 0 Å². The molecular formula is C29H37N5O5S. The Morgan fingerprint density at radius 3 is 2.27 bits per heavy atom. The molecule has 0 N–H and O–H groups in total. The molecule has 2 saturated heterocycles. The van der Waals surface area contributed by atoms with Crippen LogP contribution in [0.2, 0.25) is 0 Å². The fourth-order valence-electron chi connectivity index (χ4n) is 5.16. The number of rotatable bonds is 9. The van der Waals surface area contributed by atoms with E-state index in [0.29, 0.717) is 31.9 Å². The van der Waals surface area contributed by atoms with Gasteiger partial charge >= 0.3 is 0 Å². The summed E-state index contributed by atoms with van der Waals surface area (Å²) in [6.07, 6.45) is 2.21. The van der Waals surface area contributed by atoms with Gasteiger partial charge in [-0.15, -0.1) is 5.10 Å². The fraction of sp³-hybridized carbons (Fsp3) is 0.483. The first-order valence-electron chi connectivity index (χ1n) is 13.8. The normalized spacial score (nSPS) is 20.4. The Bertz CT molecular complexity index is 1400. The zero-order chi connectivity index (χ0) is 28.3. The molecule has 0 spiro atoms. The molecule has 1 unspecified atom stereocenters. The molecule has 0 aliphatic carbocycles. The SMILES string of the molecule is Cc1ccc(-c2ccc(CN3C(C(C)C)C(=O)N(Cc4cn(CCC5OCCO5)nn4)CCS3(=O)=O)cc2)cc1. The van der Waals surface area contributed by atoms with Crippen LogP contribution in [-0.4, -0.2) is 76.4 Å². The summed E-state index contributed by atoms with van der Waals surface area (Å²) < 4.78 is 41.0. The molecule has 0 bridgehead atoms. The van der Waals surface area contributed by atoms with Crippen molar-refractivity contribution in [1.29, 1.82) is 0 Å². The van der Waals surface area contributed by atoms with Crippen molar-refractivity contribution in [2.24, 2.45) is 5.92 Å². The van der Waals surface area contributed by atoms with Gasteiger partial charge in [0.1, 0.15) is 11.7 Å². The summed E-state index contributed by atoms with van der Waals surface area (Å²) in [6, 6.07) is 15.3. The van der Waals surface area contributed by atoms with E-state index in [1.807, 2.05) is 38.1 Å². The third-order valence-electron chi connectivity index (χ3n) is 7.38. The lowest BCUT2D eigenvalue weighted by molar-refractivity contribution is -0.136. The molecule has 2 aliphatic rings. The minimum Gasteiger partial charge on any atom is -0.350 e. The van der Waals surface area contributed by atoms with Crippen LogP contribution in [0, 0.1) is 12.8 Å². The summed E-state index contributed by atoms with van der Waals surface area (Å²) in [4.78, 5) is 15.4. The molecule has 10 nitrogen and oxygen atoms in total. The van der Waals surface area contributed by atoms with Crippen LogP contribution in [0.3, 0.4) is 0 Å². The average molecular weight is 568 g/mol. The van der Waals surface area contributed by atoms with E-state index in [9.17, 15) is 13.2 Å². The number of hydrogen-bond donors (Lipinski definition) is 0. The summed E-state index contributed by atoms with van der Waals surface area (Å²) in [5.41, 5.74) is 4.80. The van der Waals surface area contributed by atoms with Gasteiger partial charge in [-0.1, -0.05) is 73.2 Å². The molecule has 2 aliphatic heterocycles. The number of carbonyl (C=O) groups is 1. The van der Waals surface area contributed by atoms with E-state index in [0.717, 1.165) is 16.7 Å². The highest BCUT2D eigenvalue weighted by Gasteiger charge is 2.42. The molecule has 0 radical (unpaired) electrons. The molecule has 2 fully saturated rings. The first kappa shape index (κ1) is 28.4. The number of carbonyl (C=O) groups excluding carboxylic acids is 1. The largest absolute Gasteiger partial charge is 0.350 e. The lowest BCUT2D eigenvalue weighted by Gasteiger charge is -2.32. The summed E-state index contributed by atoms with van der Waals surface area (Å²) in [5, 5.41) is 8.39. The van der Waals surface area contributed by atoms with Gasteiger partial charge in [0.2, 0.25) is 15.9 Å². The average Bonchev–Trinajstić information content (AvgIpc) is 3.60. The molecule has 1 atom stereocenters.